The zero-order chi connectivity index (χ0) is 21.5. The molecule has 0 spiro atoms. The summed E-state index contributed by atoms with van der Waals surface area (Å²) in [5, 5.41) is 0. The molecule has 0 aliphatic heterocycles. The third kappa shape index (κ3) is 7.06. The number of Topliss-reactive ketones (excluding diaryl/α,β-unsaturated/α-hetero) is 1. The summed E-state index contributed by atoms with van der Waals surface area (Å²) in [6, 6.07) is 5.18. The van der Waals surface area contributed by atoms with Gasteiger partial charge in [-0.05, 0) is 37.6 Å². The van der Waals surface area contributed by atoms with Crippen molar-refractivity contribution >= 4 is 23.7 Å². The molecule has 7 heteroatoms. The van der Waals surface area contributed by atoms with Crippen LogP contribution in [0.2, 0.25) is 0 Å². The molecule has 1 amide bonds. The molecule has 1 aromatic rings. The summed E-state index contributed by atoms with van der Waals surface area (Å²) in [7, 11) is 1.50. The highest BCUT2D eigenvalue weighted by atomic mass is 16.6. The van der Waals surface area contributed by atoms with Gasteiger partial charge in [0.25, 0.3) is 0 Å². The second-order valence-corrected chi connectivity index (χ2v) is 7.58. The second kappa shape index (κ2) is 9.92. The summed E-state index contributed by atoms with van der Waals surface area (Å²) in [5.41, 5.74) is 5.44. The van der Waals surface area contributed by atoms with Gasteiger partial charge in [0, 0.05) is 5.41 Å². The van der Waals surface area contributed by atoms with Crippen molar-refractivity contribution in [2.45, 2.75) is 40.7 Å². The first-order chi connectivity index (χ1) is 13.0. The van der Waals surface area contributed by atoms with Crippen molar-refractivity contribution in [1.82, 2.24) is 0 Å². The number of ketones is 2. The Kier molecular flexibility index (Phi) is 8.22. The van der Waals surface area contributed by atoms with Crippen LogP contribution in [0.5, 0.6) is 11.5 Å². The lowest BCUT2D eigenvalue weighted by molar-refractivity contribution is -0.128. The quantitative estimate of drug-likeness (QED) is 0.511. The first-order valence-electron chi connectivity index (χ1n) is 8.95. The number of rotatable bonds is 9. The third-order valence-corrected chi connectivity index (χ3v) is 4.28. The number of primary amides is 1. The molecule has 2 unspecified atom stereocenters. The normalized spacial score (nSPS) is 13.6. The maximum atomic E-state index is 11.9. The van der Waals surface area contributed by atoms with Gasteiger partial charge in [-0.1, -0.05) is 32.9 Å². The summed E-state index contributed by atoms with van der Waals surface area (Å²) < 4.78 is 16.3. The van der Waals surface area contributed by atoms with Gasteiger partial charge < -0.3 is 19.9 Å². The minimum Gasteiger partial charge on any atom is -0.493 e. The van der Waals surface area contributed by atoms with Crippen molar-refractivity contribution in [3.8, 4) is 11.5 Å². The molecule has 154 valence electrons. The number of carbonyl (C=O) groups excluding carboxylic acids is 3. The van der Waals surface area contributed by atoms with Crippen LogP contribution < -0.4 is 15.2 Å². The van der Waals surface area contributed by atoms with E-state index < -0.39 is 18.1 Å². The first kappa shape index (κ1) is 23.2. The van der Waals surface area contributed by atoms with Crippen LogP contribution in [-0.2, 0) is 14.3 Å². The highest BCUT2D eigenvalue weighted by Gasteiger charge is 2.29. The Balaban J connectivity index is 3.01. The van der Waals surface area contributed by atoms with E-state index in [4.69, 9.17) is 19.9 Å². The average molecular weight is 391 g/mol. The van der Waals surface area contributed by atoms with Gasteiger partial charge in [0.05, 0.1) is 13.0 Å². The summed E-state index contributed by atoms with van der Waals surface area (Å²) in [6.45, 7) is 8.82. The Labute approximate surface area is 165 Å². The summed E-state index contributed by atoms with van der Waals surface area (Å²) in [6.07, 6.45) is 1.67. The molecule has 7 nitrogen and oxygen atoms in total. The van der Waals surface area contributed by atoms with E-state index in [0.29, 0.717) is 17.1 Å². The van der Waals surface area contributed by atoms with Crippen molar-refractivity contribution in [3.63, 3.8) is 0 Å². The molecule has 0 radical (unpaired) electrons. The van der Waals surface area contributed by atoms with Crippen molar-refractivity contribution in [2.75, 3.05) is 13.7 Å². The number of methoxy groups -OCH3 is 1. The van der Waals surface area contributed by atoms with E-state index in [0.717, 1.165) is 0 Å². The van der Waals surface area contributed by atoms with Crippen LogP contribution in [-0.4, -0.2) is 37.5 Å². The largest absolute Gasteiger partial charge is 0.493 e. The van der Waals surface area contributed by atoms with E-state index in [1.165, 1.54) is 20.1 Å². The van der Waals surface area contributed by atoms with Gasteiger partial charge in [0.15, 0.2) is 17.3 Å². The van der Waals surface area contributed by atoms with Crippen molar-refractivity contribution in [1.29, 1.82) is 0 Å². The molecule has 0 saturated carbocycles. The molecular formula is C21H29NO6. The summed E-state index contributed by atoms with van der Waals surface area (Å²) in [5.74, 6) is -0.178. The van der Waals surface area contributed by atoms with E-state index in [9.17, 15) is 14.4 Å². The van der Waals surface area contributed by atoms with Crippen LogP contribution in [0.15, 0.2) is 24.3 Å². The van der Waals surface area contributed by atoms with Gasteiger partial charge in [-0.3, -0.25) is 9.59 Å². The van der Waals surface area contributed by atoms with Crippen molar-refractivity contribution in [2.24, 2.45) is 17.1 Å². The van der Waals surface area contributed by atoms with Crippen LogP contribution in [0, 0.1) is 11.3 Å². The van der Waals surface area contributed by atoms with Crippen LogP contribution >= 0.6 is 0 Å². The van der Waals surface area contributed by atoms with Crippen LogP contribution in [0.25, 0.3) is 6.08 Å². The number of nitrogens with two attached hydrogens (primary N) is 1. The monoisotopic (exact) mass is 391 g/mol. The van der Waals surface area contributed by atoms with Gasteiger partial charge in [-0.2, -0.15) is 0 Å². The topological polar surface area (TPSA) is 105 Å². The molecule has 28 heavy (non-hydrogen) atoms. The molecule has 0 aromatic heterocycles. The predicted octanol–water partition coefficient (Wildman–Crippen LogP) is 3.39. The summed E-state index contributed by atoms with van der Waals surface area (Å²) >= 11 is 0. The fraction of sp³-hybridized carbons (Fsp3) is 0.476. The van der Waals surface area contributed by atoms with Crippen molar-refractivity contribution in [3.05, 3.63) is 29.8 Å². The highest BCUT2D eigenvalue weighted by molar-refractivity contribution is 6.07. The molecule has 2 atom stereocenters. The van der Waals surface area contributed by atoms with E-state index in [2.05, 4.69) is 0 Å². The molecule has 2 N–H and O–H groups in total. The molecule has 1 rings (SSSR count). The van der Waals surface area contributed by atoms with Gasteiger partial charge in [0.1, 0.15) is 18.5 Å². The standard InChI is InChI=1S/C21H29NO6/c1-13(14(2)23)16(24)9-7-15-8-10-17(18(11-15)26-6)28-19(21(3,4)5)12-27-20(22)25/h7-11,13,19H,12H2,1-6H3,(H2,22,25). The van der Waals surface area contributed by atoms with E-state index in [1.54, 1.807) is 31.2 Å². The zero-order valence-corrected chi connectivity index (χ0v) is 17.3. The Hall–Kier alpha value is -2.83. The Bertz CT molecular complexity index is 748. The molecule has 0 aliphatic rings. The minimum absolute atomic E-state index is 0.00107. The van der Waals surface area contributed by atoms with Gasteiger partial charge in [-0.25, -0.2) is 4.79 Å². The fourth-order valence-corrected chi connectivity index (χ4v) is 2.18. The molecular weight excluding hydrogens is 362 g/mol. The summed E-state index contributed by atoms with van der Waals surface area (Å²) in [4.78, 5) is 34.2. The van der Waals surface area contributed by atoms with Crippen LogP contribution in [0.1, 0.15) is 40.2 Å². The SMILES string of the molecule is COc1cc(C=CC(=O)C(C)C(C)=O)ccc1OC(COC(N)=O)C(C)(C)C. The number of amides is 1. The number of ether oxygens (including phenoxy) is 3. The number of allylic oxidation sites excluding steroid dienone is 1. The Morgan fingerprint density at radius 2 is 1.82 bits per heavy atom. The molecule has 0 aliphatic carbocycles. The van der Waals surface area contributed by atoms with Gasteiger partial charge in [-0.15, -0.1) is 0 Å². The molecule has 0 bridgehead atoms. The molecule has 1 aromatic carbocycles. The lowest BCUT2D eigenvalue weighted by atomic mass is 9.89. The first-order valence-corrected chi connectivity index (χ1v) is 8.95. The maximum absolute atomic E-state index is 11.9. The number of hydrogen-bond donors (Lipinski definition) is 1. The third-order valence-electron chi connectivity index (χ3n) is 4.28. The smallest absolute Gasteiger partial charge is 0.404 e. The Morgan fingerprint density at radius 3 is 2.32 bits per heavy atom. The second-order valence-electron chi connectivity index (χ2n) is 7.58. The van der Waals surface area contributed by atoms with E-state index in [-0.39, 0.29) is 23.6 Å². The number of hydrogen-bond acceptors (Lipinski definition) is 6. The Morgan fingerprint density at radius 1 is 1.18 bits per heavy atom. The fourth-order valence-electron chi connectivity index (χ4n) is 2.18. The van der Waals surface area contributed by atoms with Gasteiger partial charge >= 0.3 is 6.09 Å². The lowest BCUT2D eigenvalue weighted by Gasteiger charge is -2.31. The predicted molar refractivity (Wildman–Crippen MR) is 106 cm³/mol. The van der Waals surface area contributed by atoms with E-state index in [1.807, 2.05) is 20.8 Å². The number of carbonyl (C=O) groups is 3. The molecule has 0 heterocycles. The average Bonchev–Trinajstić information content (AvgIpc) is 2.61. The minimum atomic E-state index is -0.866. The lowest BCUT2D eigenvalue weighted by Crippen LogP contribution is -2.38. The van der Waals surface area contributed by atoms with Gasteiger partial charge in [0.2, 0.25) is 0 Å². The zero-order valence-electron chi connectivity index (χ0n) is 17.3. The van der Waals surface area contributed by atoms with Crippen LogP contribution in [0.4, 0.5) is 4.79 Å². The molecule has 0 fully saturated rings. The number of benzene rings is 1. The molecule has 0 saturated heterocycles. The highest BCUT2D eigenvalue weighted by Crippen LogP contribution is 2.33. The van der Waals surface area contributed by atoms with E-state index >= 15 is 0 Å². The van der Waals surface area contributed by atoms with Crippen molar-refractivity contribution < 1.29 is 28.6 Å². The van der Waals surface area contributed by atoms with Crippen LogP contribution in [0.3, 0.4) is 0 Å². The maximum Gasteiger partial charge on any atom is 0.404 e.